The summed E-state index contributed by atoms with van der Waals surface area (Å²) in [4.78, 5) is 0. The Kier molecular flexibility index (Phi) is 8.54. The van der Waals surface area contributed by atoms with E-state index in [0.717, 1.165) is 42.6 Å². The molecule has 0 radical (unpaired) electrons. The molecule has 1 aromatic carbocycles. The van der Waals surface area contributed by atoms with Crippen LogP contribution in [0.2, 0.25) is 0 Å². The van der Waals surface area contributed by atoms with Crippen LogP contribution >= 0.6 is 0 Å². The summed E-state index contributed by atoms with van der Waals surface area (Å²) < 4.78 is 6.28. The van der Waals surface area contributed by atoms with Crippen molar-refractivity contribution in [2.45, 2.75) is 85.4 Å². The van der Waals surface area contributed by atoms with Gasteiger partial charge in [-0.15, -0.1) is 0 Å². The number of aromatic hydroxyl groups is 1. The first-order chi connectivity index (χ1) is 14.1. The molecule has 3 heteroatoms. The van der Waals surface area contributed by atoms with Crippen LogP contribution in [-0.4, -0.2) is 21.9 Å². The average Bonchev–Trinajstić information content (AvgIpc) is 2.62. The standard InChI is InChI=1S/C27H38O3/c1-19(2)9-7-10-20(3)15-24(28)16-21(4)11-8-13-27(6)14-12-23-18-25(29)17-22(5)26(23)30-27/h9,11-12,14-15,17-18,24,28-29H,7-8,10,13,16H2,1-6H3/b20-15+,21-11+. The fraction of sp³-hybridized carbons (Fsp3) is 0.481. The number of fused-ring (bicyclic) bond motifs is 1. The van der Waals surface area contributed by atoms with Crippen molar-refractivity contribution in [3.63, 3.8) is 0 Å². The number of aryl methyl sites for hydroxylation is 1. The van der Waals surface area contributed by atoms with Gasteiger partial charge in [0, 0.05) is 5.56 Å². The molecule has 0 spiro atoms. The van der Waals surface area contributed by atoms with Gasteiger partial charge in [-0.05, 0) is 97.4 Å². The molecule has 2 rings (SSSR count). The van der Waals surface area contributed by atoms with E-state index >= 15 is 0 Å². The zero-order valence-corrected chi connectivity index (χ0v) is 19.5. The van der Waals surface area contributed by atoms with Gasteiger partial charge in [0.1, 0.15) is 17.1 Å². The third-order valence-electron chi connectivity index (χ3n) is 5.47. The number of aliphatic hydroxyl groups excluding tert-OH is 1. The fourth-order valence-corrected chi connectivity index (χ4v) is 3.79. The number of allylic oxidation sites excluding steroid dienone is 4. The van der Waals surface area contributed by atoms with Gasteiger partial charge in [-0.1, -0.05) is 41.0 Å². The van der Waals surface area contributed by atoms with Crippen molar-refractivity contribution in [2.75, 3.05) is 0 Å². The Bertz CT molecular complexity index is 853. The van der Waals surface area contributed by atoms with Gasteiger partial charge < -0.3 is 14.9 Å². The molecule has 1 heterocycles. The lowest BCUT2D eigenvalue weighted by atomic mass is 9.93. The van der Waals surface area contributed by atoms with E-state index < -0.39 is 6.10 Å². The van der Waals surface area contributed by atoms with Gasteiger partial charge in [-0.3, -0.25) is 0 Å². The molecule has 2 unspecified atom stereocenters. The summed E-state index contributed by atoms with van der Waals surface area (Å²) in [6.45, 7) is 12.4. The third kappa shape index (κ3) is 7.53. The van der Waals surface area contributed by atoms with Crippen LogP contribution in [0.1, 0.15) is 77.8 Å². The van der Waals surface area contributed by atoms with Crippen molar-refractivity contribution in [2.24, 2.45) is 0 Å². The number of hydrogen-bond donors (Lipinski definition) is 2. The summed E-state index contributed by atoms with van der Waals surface area (Å²) in [5.41, 5.74) is 5.27. The molecule has 1 aliphatic rings. The lowest BCUT2D eigenvalue weighted by Gasteiger charge is -2.32. The van der Waals surface area contributed by atoms with Crippen LogP contribution in [0.3, 0.4) is 0 Å². The Morgan fingerprint density at radius 1 is 1.10 bits per heavy atom. The predicted molar refractivity (Wildman–Crippen MR) is 127 cm³/mol. The van der Waals surface area contributed by atoms with Gasteiger partial charge >= 0.3 is 0 Å². The Morgan fingerprint density at radius 2 is 1.83 bits per heavy atom. The largest absolute Gasteiger partial charge is 0.508 e. The average molecular weight is 411 g/mol. The molecule has 2 atom stereocenters. The fourth-order valence-electron chi connectivity index (χ4n) is 3.79. The van der Waals surface area contributed by atoms with Crippen molar-refractivity contribution in [1.29, 1.82) is 0 Å². The van der Waals surface area contributed by atoms with Crippen LogP contribution in [0.5, 0.6) is 11.5 Å². The van der Waals surface area contributed by atoms with Gasteiger partial charge in [-0.2, -0.15) is 0 Å². The minimum absolute atomic E-state index is 0.265. The van der Waals surface area contributed by atoms with Crippen molar-refractivity contribution in [3.05, 3.63) is 64.3 Å². The topological polar surface area (TPSA) is 49.7 Å². The quantitative estimate of drug-likeness (QED) is 0.429. The maximum Gasteiger partial charge on any atom is 0.131 e. The van der Waals surface area contributed by atoms with E-state index in [-0.39, 0.29) is 11.4 Å². The second kappa shape index (κ2) is 10.7. The van der Waals surface area contributed by atoms with Gasteiger partial charge in [0.05, 0.1) is 6.10 Å². The lowest BCUT2D eigenvalue weighted by molar-refractivity contribution is 0.127. The molecular weight excluding hydrogens is 372 g/mol. The zero-order valence-electron chi connectivity index (χ0n) is 19.5. The van der Waals surface area contributed by atoms with Crippen LogP contribution < -0.4 is 4.74 Å². The molecule has 164 valence electrons. The normalized spacial score (nSPS) is 19.8. The maximum absolute atomic E-state index is 10.4. The Balaban J connectivity index is 1.87. The number of benzene rings is 1. The summed E-state index contributed by atoms with van der Waals surface area (Å²) >= 11 is 0. The van der Waals surface area contributed by atoms with Crippen molar-refractivity contribution in [1.82, 2.24) is 0 Å². The van der Waals surface area contributed by atoms with E-state index in [1.807, 2.05) is 19.1 Å². The molecule has 30 heavy (non-hydrogen) atoms. The summed E-state index contributed by atoms with van der Waals surface area (Å²) in [5.74, 6) is 1.11. The molecule has 0 saturated carbocycles. The molecule has 0 saturated heterocycles. The van der Waals surface area contributed by atoms with Crippen LogP contribution in [0.15, 0.2) is 53.2 Å². The second-order valence-electron chi connectivity index (χ2n) is 9.12. The van der Waals surface area contributed by atoms with E-state index in [1.54, 1.807) is 12.1 Å². The monoisotopic (exact) mass is 410 g/mol. The minimum atomic E-state index is -0.434. The van der Waals surface area contributed by atoms with E-state index in [4.69, 9.17) is 4.74 Å². The Labute approximate surface area is 182 Å². The van der Waals surface area contributed by atoms with Crippen LogP contribution in [-0.2, 0) is 0 Å². The van der Waals surface area contributed by atoms with E-state index in [1.165, 1.54) is 16.7 Å². The van der Waals surface area contributed by atoms with Gasteiger partial charge in [0.25, 0.3) is 0 Å². The third-order valence-corrected chi connectivity index (χ3v) is 5.47. The van der Waals surface area contributed by atoms with Gasteiger partial charge in [-0.25, -0.2) is 0 Å². The molecule has 0 bridgehead atoms. The Hall–Kier alpha value is -2.26. The first kappa shape index (κ1) is 24.0. The van der Waals surface area contributed by atoms with Crippen molar-refractivity contribution < 1.29 is 14.9 Å². The molecule has 1 aliphatic heterocycles. The molecule has 0 fully saturated rings. The summed E-state index contributed by atoms with van der Waals surface area (Å²) in [5, 5.41) is 20.1. The summed E-state index contributed by atoms with van der Waals surface area (Å²) in [6, 6.07) is 3.47. The molecular formula is C27H38O3. The predicted octanol–water partition coefficient (Wildman–Crippen LogP) is 7.04. The number of phenolic OH excluding ortho intramolecular Hbond substituents is 1. The summed E-state index contributed by atoms with van der Waals surface area (Å²) in [6.07, 6.45) is 14.5. The number of rotatable bonds is 9. The molecule has 0 amide bonds. The van der Waals surface area contributed by atoms with Gasteiger partial charge in [0.2, 0.25) is 0 Å². The highest BCUT2D eigenvalue weighted by atomic mass is 16.5. The van der Waals surface area contributed by atoms with E-state index in [2.05, 4.69) is 52.8 Å². The Morgan fingerprint density at radius 3 is 2.53 bits per heavy atom. The highest BCUT2D eigenvalue weighted by Crippen LogP contribution is 2.38. The number of phenols is 1. The number of ether oxygens (including phenoxy) is 1. The highest BCUT2D eigenvalue weighted by Gasteiger charge is 2.27. The van der Waals surface area contributed by atoms with Gasteiger partial charge in [0.15, 0.2) is 0 Å². The lowest BCUT2D eigenvalue weighted by Crippen LogP contribution is -2.32. The number of aliphatic hydroxyl groups is 1. The minimum Gasteiger partial charge on any atom is -0.508 e. The van der Waals surface area contributed by atoms with Crippen molar-refractivity contribution >= 4 is 6.08 Å². The first-order valence-corrected chi connectivity index (χ1v) is 10.9. The molecule has 2 N–H and O–H groups in total. The van der Waals surface area contributed by atoms with Crippen molar-refractivity contribution in [3.8, 4) is 11.5 Å². The summed E-state index contributed by atoms with van der Waals surface area (Å²) in [7, 11) is 0. The number of hydrogen-bond acceptors (Lipinski definition) is 3. The zero-order chi connectivity index (χ0) is 22.3. The molecule has 1 aromatic rings. The smallest absolute Gasteiger partial charge is 0.131 e. The molecule has 0 aromatic heterocycles. The second-order valence-corrected chi connectivity index (χ2v) is 9.12. The van der Waals surface area contributed by atoms with Crippen LogP contribution in [0, 0.1) is 6.92 Å². The highest BCUT2D eigenvalue weighted by molar-refractivity contribution is 5.65. The van der Waals surface area contributed by atoms with Crippen LogP contribution in [0.25, 0.3) is 6.08 Å². The maximum atomic E-state index is 10.4. The van der Waals surface area contributed by atoms with E-state index in [9.17, 15) is 10.2 Å². The molecule has 3 nitrogen and oxygen atoms in total. The molecule has 0 aliphatic carbocycles. The van der Waals surface area contributed by atoms with E-state index in [0.29, 0.717) is 6.42 Å². The first-order valence-electron chi connectivity index (χ1n) is 10.9. The van der Waals surface area contributed by atoms with Crippen LogP contribution in [0.4, 0.5) is 0 Å². The SMILES string of the molecule is CC(C)=CCC/C(C)=C/C(O)C/C(C)=C/CCC1(C)C=Cc2cc(O)cc(C)c2O1.